The zero-order valence-electron chi connectivity index (χ0n) is 16.7. The Kier molecular flexibility index (Phi) is 6.61. The third-order valence-corrected chi connectivity index (χ3v) is 4.75. The lowest BCUT2D eigenvalue weighted by Gasteiger charge is -2.16. The minimum atomic E-state index is -0.325. The summed E-state index contributed by atoms with van der Waals surface area (Å²) in [6, 6.07) is 13.5. The number of imidazole rings is 1. The van der Waals surface area contributed by atoms with Crippen molar-refractivity contribution < 1.29 is 9.53 Å². The first-order valence-electron chi connectivity index (χ1n) is 9.40. The topological polar surface area (TPSA) is 68.2 Å². The number of benzene rings is 2. The van der Waals surface area contributed by atoms with Gasteiger partial charge < -0.3 is 19.9 Å². The summed E-state index contributed by atoms with van der Waals surface area (Å²) in [4.78, 5) is 16.2. The second-order valence-corrected chi connectivity index (χ2v) is 6.94. The van der Waals surface area contributed by atoms with Gasteiger partial charge in [-0.15, -0.1) is 0 Å². The molecule has 1 heterocycles. The van der Waals surface area contributed by atoms with Crippen LogP contribution in [0.1, 0.15) is 34.2 Å². The van der Waals surface area contributed by atoms with Crippen LogP contribution in [0.5, 0.6) is 0 Å². The molecule has 3 aromatic rings. The van der Waals surface area contributed by atoms with Crippen LogP contribution in [0.3, 0.4) is 0 Å². The Morgan fingerprint density at radius 1 is 1.21 bits per heavy atom. The van der Waals surface area contributed by atoms with Crippen LogP contribution in [0.4, 0.5) is 5.69 Å². The van der Waals surface area contributed by atoms with Gasteiger partial charge in [-0.25, -0.2) is 9.78 Å². The maximum absolute atomic E-state index is 11.9. The summed E-state index contributed by atoms with van der Waals surface area (Å²) in [5, 5.41) is 6.95. The number of para-hydroxylation sites is 1. The molecule has 0 spiro atoms. The van der Waals surface area contributed by atoms with E-state index < -0.39 is 0 Å². The molecule has 0 fully saturated rings. The van der Waals surface area contributed by atoms with Gasteiger partial charge in [-0.05, 0) is 68.4 Å². The van der Waals surface area contributed by atoms with Gasteiger partial charge in [0.2, 0.25) is 0 Å². The van der Waals surface area contributed by atoms with Crippen molar-refractivity contribution in [1.82, 2.24) is 14.9 Å². The molecular weight excluding hydrogens is 384 g/mol. The summed E-state index contributed by atoms with van der Waals surface area (Å²) in [6.07, 6.45) is 3.73. The van der Waals surface area contributed by atoms with Gasteiger partial charge in [0.05, 0.1) is 17.9 Å². The van der Waals surface area contributed by atoms with Gasteiger partial charge in [-0.1, -0.05) is 18.2 Å². The Morgan fingerprint density at radius 2 is 2.00 bits per heavy atom. The van der Waals surface area contributed by atoms with Crippen molar-refractivity contribution in [2.45, 2.75) is 27.3 Å². The largest absolute Gasteiger partial charge is 0.462 e. The van der Waals surface area contributed by atoms with Crippen LogP contribution >= 0.6 is 12.2 Å². The van der Waals surface area contributed by atoms with E-state index in [2.05, 4.69) is 27.8 Å². The first kappa shape index (κ1) is 20.5. The molecule has 0 atom stereocenters. The number of carbonyl (C=O) groups excluding carboxylic acids is 1. The fourth-order valence-electron chi connectivity index (χ4n) is 3.02. The molecule has 0 radical (unpaired) electrons. The summed E-state index contributed by atoms with van der Waals surface area (Å²) in [5.74, 6) is 0.602. The summed E-state index contributed by atoms with van der Waals surface area (Å²) < 4.78 is 7.09. The standard InChI is InChI=1S/C22H24N4O2S/c1-4-28-21(27)17-9-10-19(15(2)13-17)25-22(29)24-14-18-7-5-6-8-20(18)26-12-11-23-16(26)3/h5-13H,4,14H2,1-3H3,(H2,24,25,29). The highest BCUT2D eigenvalue weighted by molar-refractivity contribution is 7.80. The molecule has 1 aromatic heterocycles. The fourth-order valence-corrected chi connectivity index (χ4v) is 3.20. The van der Waals surface area contributed by atoms with Gasteiger partial charge in [0.1, 0.15) is 5.82 Å². The van der Waals surface area contributed by atoms with Crippen molar-refractivity contribution >= 4 is 29.0 Å². The summed E-state index contributed by atoms with van der Waals surface area (Å²) in [5.41, 5.74) is 4.45. The zero-order chi connectivity index (χ0) is 20.8. The number of carbonyl (C=O) groups is 1. The number of aryl methyl sites for hydroxylation is 2. The SMILES string of the molecule is CCOC(=O)c1ccc(NC(=S)NCc2ccccc2-n2ccnc2C)c(C)c1. The highest BCUT2D eigenvalue weighted by Crippen LogP contribution is 2.18. The summed E-state index contributed by atoms with van der Waals surface area (Å²) in [7, 11) is 0. The van der Waals surface area contributed by atoms with E-state index in [1.54, 1.807) is 25.3 Å². The van der Waals surface area contributed by atoms with Gasteiger partial charge >= 0.3 is 5.97 Å². The predicted molar refractivity (Wildman–Crippen MR) is 118 cm³/mol. The summed E-state index contributed by atoms with van der Waals surface area (Å²) in [6.45, 7) is 6.60. The molecule has 2 N–H and O–H groups in total. The molecule has 0 unspecified atom stereocenters. The number of esters is 1. The van der Waals surface area contributed by atoms with E-state index in [1.807, 2.05) is 42.8 Å². The number of ether oxygens (including phenoxy) is 1. The summed E-state index contributed by atoms with van der Waals surface area (Å²) >= 11 is 5.46. The van der Waals surface area contributed by atoms with Crippen molar-refractivity contribution in [2.24, 2.45) is 0 Å². The molecule has 150 valence electrons. The van der Waals surface area contributed by atoms with E-state index in [0.717, 1.165) is 28.3 Å². The van der Waals surface area contributed by atoms with Gasteiger partial charge in [-0.3, -0.25) is 0 Å². The highest BCUT2D eigenvalue weighted by atomic mass is 32.1. The Labute approximate surface area is 175 Å². The van der Waals surface area contributed by atoms with Crippen molar-refractivity contribution in [3.8, 4) is 5.69 Å². The monoisotopic (exact) mass is 408 g/mol. The first-order valence-corrected chi connectivity index (χ1v) is 9.81. The molecule has 29 heavy (non-hydrogen) atoms. The van der Waals surface area contributed by atoms with Crippen LogP contribution in [0, 0.1) is 13.8 Å². The van der Waals surface area contributed by atoms with Crippen LogP contribution in [-0.2, 0) is 11.3 Å². The smallest absolute Gasteiger partial charge is 0.338 e. The molecule has 7 heteroatoms. The average Bonchev–Trinajstić information content (AvgIpc) is 3.14. The number of hydrogen-bond donors (Lipinski definition) is 2. The Morgan fingerprint density at radius 3 is 2.69 bits per heavy atom. The Balaban J connectivity index is 1.66. The molecule has 2 aromatic carbocycles. The lowest BCUT2D eigenvalue weighted by molar-refractivity contribution is 0.0526. The van der Waals surface area contributed by atoms with E-state index in [1.165, 1.54) is 0 Å². The van der Waals surface area contributed by atoms with E-state index >= 15 is 0 Å². The molecule has 0 saturated heterocycles. The number of rotatable bonds is 6. The van der Waals surface area contributed by atoms with Crippen molar-refractivity contribution in [2.75, 3.05) is 11.9 Å². The van der Waals surface area contributed by atoms with Gasteiger partial charge in [0, 0.05) is 24.6 Å². The maximum atomic E-state index is 11.9. The van der Waals surface area contributed by atoms with E-state index in [4.69, 9.17) is 17.0 Å². The van der Waals surface area contributed by atoms with Crippen molar-refractivity contribution in [3.05, 3.63) is 77.4 Å². The number of anilines is 1. The zero-order valence-corrected chi connectivity index (χ0v) is 17.5. The lowest BCUT2D eigenvalue weighted by Crippen LogP contribution is -2.28. The number of thiocarbonyl (C=S) groups is 1. The molecule has 0 aliphatic rings. The molecule has 3 rings (SSSR count). The van der Waals surface area contributed by atoms with Gasteiger partial charge in [0.15, 0.2) is 5.11 Å². The number of hydrogen-bond acceptors (Lipinski definition) is 4. The Hall–Kier alpha value is -3.19. The van der Waals surface area contributed by atoms with Gasteiger partial charge in [-0.2, -0.15) is 0 Å². The number of aromatic nitrogens is 2. The molecule has 0 saturated carbocycles. The predicted octanol–water partition coefficient (Wildman–Crippen LogP) is 4.15. The van der Waals surface area contributed by atoms with Crippen LogP contribution < -0.4 is 10.6 Å². The Bertz CT molecular complexity index is 1030. The molecule has 0 amide bonds. The van der Waals surface area contributed by atoms with Crippen molar-refractivity contribution in [3.63, 3.8) is 0 Å². The third kappa shape index (κ3) is 5.00. The van der Waals surface area contributed by atoms with E-state index in [-0.39, 0.29) is 5.97 Å². The van der Waals surface area contributed by atoms with E-state index in [9.17, 15) is 4.79 Å². The lowest BCUT2D eigenvalue weighted by atomic mass is 10.1. The second kappa shape index (κ2) is 9.34. The van der Waals surface area contributed by atoms with Crippen molar-refractivity contribution in [1.29, 1.82) is 0 Å². The molecule has 0 bridgehead atoms. The molecule has 0 aliphatic heterocycles. The van der Waals surface area contributed by atoms with E-state index in [0.29, 0.717) is 23.8 Å². The fraction of sp³-hybridized carbons (Fsp3) is 0.227. The van der Waals surface area contributed by atoms with Crippen LogP contribution in [-0.4, -0.2) is 27.2 Å². The second-order valence-electron chi connectivity index (χ2n) is 6.53. The number of nitrogens with zero attached hydrogens (tertiary/aromatic N) is 2. The molecule has 6 nitrogen and oxygen atoms in total. The first-order chi connectivity index (χ1) is 14.0. The quantitative estimate of drug-likeness (QED) is 0.472. The third-order valence-electron chi connectivity index (χ3n) is 4.50. The highest BCUT2D eigenvalue weighted by Gasteiger charge is 2.10. The van der Waals surface area contributed by atoms with Crippen LogP contribution in [0.15, 0.2) is 54.9 Å². The maximum Gasteiger partial charge on any atom is 0.338 e. The normalized spacial score (nSPS) is 10.4. The van der Waals surface area contributed by atoms with Crippen LogP contribution in [0.25, 0.3) is 5.69 Å². The minimum Gasteiger partial charge on any atom is -0.462 e. The number of nitrogens with one attached hydrogen (secondary N) is 2. The molecular formula is C22H24N4O2S. The van der Waals surface area contributed by atoms with Crippen LogP contribution in [0.2, 0.25) is 0 Å². The molecule has 0 aliphatic carbocycles. The minimum absolute atomic E-state index is 0.325. The van der Waals surface area contributed by atoms with Gasteiger partial charge in [0.25, 0.3) is 0 Å². The average molecular weight is 409 g/mol.